The minimum atomic E-state index is 0.659. The van der Waals surface area contributed by atoms with E-state index in [0.717, 1.165) is 31.0 Å². The third-order valence-electron chi connectivity index (χ3n) is 5.05. The lowest BCUT2D eigenvalue weighted by molar-refractivity contribution is 0.577. The van der Waals surface area contributed by atoms with Crippen LogP contribution < -0.4 is 4.90 Å². The lowest BCUT2D eigenvalue weighted by Crippen LogP contribution is -2.20. The zero-order valence-electron chi connectivity index (χ0n) is 14.5. The molecule has 2 aromatic heterocycles. The summed E-state index contributed by atoms with van der Waals surface area (Å²) in [6.45, 7) is 8.38. The van der Waals surface area contributed by atoms with E-state index in [-0.39, 0.29) is 0 Å². The molecule has 1 saturated heterocycles. The molecule has 1 aliphatic heterocycles. The molecule has 1 fully saturated rings. The van der Waals surface area contributed by atoms with Gasteiger partial charge in [0, 0.05) is 30.2 Å². The molecule has 0 N–H and O–H groups in total. The van der Waals surface area contributed by atoms with E-state index in [4.69, 9.17) is 0 Å². The van der Waals surface area contributed by atoms with Crippen LogP contribution in [-0.2, 0) is 6.42 Å². The number of nitrogens with zero attached hydrogens (tertiary/aromatic N) is 5. The smallest absolute Gasteiger partial charge is 0.252 e. The predicted octanol–water partition coefficient (Wildman–Crippen LogP) is 3.12. The minimum Gasteiger partial charge on any atom is -0.371 e. The van der Waals surface area contributed by atoms with Crippen LogP contribution in [0, 0.1) is 26.7 Å². The van der Waals surface area contributed by atoms with E-state index in [1.54, 1.807) is 0 Å². The molecule has 124 valence electrons. The average Bonchev–Trinajstić information content (AvgIpc) is 3.19. The highest BCUT2D eigenvalue weighted by Crippen LogP contribution is 2.27. The fraction of sp³-hybridized carbons (Fsp3) is 0.421. The SMILES string of the molecule is Cc1nc2nc(C)c(C[C@@H]3CCN(c4ccccc4)C3)c(C)n2n1. The first kappa shape index (κ1) is 15.1. The first-order chi connectivity index (χ1) is 11.6. The van der Waals surface area contributed by atoms with E-state index in [2.05, 4.69) is 64.1 Å². The molecule has 5 heteroatoms. The third kappa shape index (κ3) is 2.64. The molecule has 5 nitrogen and oxygen atoms in total. The maximum Gasteiger partial charge on any atom is 0.252 e. The number of fused-ring (bicyclic) bond motifs is 1. The third-order valence-corrected chi connectivity index (χ3v) is 5.05. The Hall–Kier alpha value is -2.43. The second kappa shape index (κ2) is 5.89. The molecule has 4 rings (SSSR count). The Morgan fingerprint density at radius 2 is 1.88 bits per heavy atom. The van der Waals surface area contributed by atoms with E-state index < -0.39 is 0 Å². The summed E-state index contributed by atoms with van der Waals surface area (Å²) in [7, 11) is 0. The highest BCUT2D eigenvalue weighted by molar-refractivity contribution is 5.47. The molecule has 0 unspecified atom stereocenters. The normalized spacial score (nSPS) is 17.8. The Morgan fingerprint density at radius 1 is 1.08 bits per heavy atom. The standard InChI is InChI=1S/C19H23N5/c1-13-18(14(2)24-19(20-13)21-15(3)22-24)11-16-9-10-23(12-16)17-7-5-4-6-8-17/h4-8,16H,9-12H2,1-3H3/t16-/m0/s1. The summed E-state index contributed by atoms with van der Waals surface area (Å²) in [5.74, 6) is 2.15. The molecule has 3 aromatic rings. The van der Waals surface area contributed by atoms with Crippen molar-refractivity contribution in [2.24, 2.45) is 5.92 Å². The monoisotopic (exact) mass is 321 g/mol. The Labute approximate surface area is 142 Å². The maximum absolute atomic E-state index is 4.65. The Balaban J connectivity index is 1.57. The van der Waals surface area contributed by atoms with E-state index in [9.17, 15) is 0 Å². The fourth-order valence-electron chi connectivity index (χ4n) is 3.77. The number of hydrogen-bond acceptors (Lipinski definition) is 4. The first-order valence-electron chi connectivity index (χ1n) is 8.61. The van der Waals surface area contributed by atoms with Crippen LogP contribution in [0.4, 0.5) is 5.69 Å². The molecule has 1 aliphatic rings. The number of hydrogen-bond donors (Lipinski definition) is 0. The van der Waals surface area contributed by atoms with Crippen LogP contribution in [-0.4, -0.2) is 32.7 Å². The number of benzene rings is 1. The second-order valence-electron chi connectivity index (χ2n) is 6.77. The van der Waals surface area contributed by atoms with Crippen LogP contribution in [0.2, 0.25) is 0 Å². The van der Waals surface area contributed by atoms with Gasteiger partial charge in [0.1, 0.15) is 5.82 Å². The number of aryl methyl sites for hydroxylation is 3. The molecule has 0 amide bonds. The Bertz CT molecular complexity index is 868. The number of aromatic nitrogens is 4. The molecule has 0 radical (unpaired) electrons. The van der Waals surface area contributed by atoms with Gasteiger partial charge in [-0.15, -0.1) is 0 Å². The molecule has 1 aromatic carbocycles. The van der Waals surface area contributed by atoms with Crippen molar-refractivity contribution in [3.63, 3.8) is 0 Å². The van der Waals surface area contributed by atoms with Crippen LogP contribution in [0.15, 0.2) is 30.3 Å². The fourth-order valence-corrected chi connectivity index (χ4v) is 3.77. The first-order valence-corrected chi connectivity index (χ1v) is 8.61. The summed E-state index contributed by atoms with van der Waals surface area (Å²) in [5, 5.41) is 4.48. The summed E-state index contributed by atoms with van der Waals surface area (Å²) < 4.78 is 1.89. The van der Waals surface area contributed by atoms with Crippen LogP contribution in [0.25, 0.3) is 5.78 Å². The van der Waals surface area contributed by atoms with E-state index in [1.165, 1.54) is 23.4 Å². The average molecular weight is 321 g/mol. The van der Waals surface area contributed by atoms with Gasteiger partial charge < -0.3 is 4.90 Å². The summed E-state index contributed by atoms with van der Waals surface area (Å²) in [4.78, 5) is 11.5. The summed E-state index contributed by atoms with van der Waals surface area (Å²) in [5.41, 5.74) is 4.92. The topological polar surface area (TPSA) is 46.3 Å². The van der Waals surface area contributed by atoms with Crippen LogP contribution >= 0.6 is 0 Å². The maximum atomic E-state index is 4.65. The quantitative estimate of drug-likeness (QED) is 0.743. The van der Waals surface area contributed by atoms with Gasteiger partial charge in [-0.25, -0.2) is 9.50 Å². The highest BCUT2D eigenvalue weighted by Gasteiger charge is 2.25. The van der Waals surface area contributed by atoms with Crippen molar-refractivity contribution in [1.82, 2.24) is 19.6 Å². The van der Waals surface area contributed by atoms with Gasteiger partial charge in [0.05, 0.1) is 0 Å². The molecule has 1 atom stereocenters. The highest BCUT2D eigenvalue weighted by atomic mass is 15.3. The zero-order chi connectivity index (χ0) is 16.7. The van der Waals surface area contributed by atoms with Gasteiger partial charge in [-0.1, -0.05) is 18.2 Å². The van der Waals surface area contributed by atoms with Gasteiger partial charge in [0.15, 0.2) is 0 Å². The molecule has 24 heavy (non-hydrogen) atoms. The molecule has 0 bridgehead atoms. The molecular weight excluding hydrogens is 298 g/mol. The molecule has 0 saturated carbocycles. The van der Waals surface area contributed by atoms with Gasteiger partial charge in [0.2, 0.25) is 0 Å². The van der Waals surface area contributed by atoms with Crippen LogP contribution in [0.1, 0.15) is 29.2 Å². The largest absolute Gasteiger partial charge is 0.371 e. The van der Waals surface area contributed by atoms with E-state index in [0.29, 0.717) is 11.7 Å². The van der Waals surface area contributed by atoms with Crippen LogP contribution in [0.5, 0.6) is 0 Å². The number of anilines is 1. The van der Waals surface area contributed by atoms with Crippen molar-refractivity contribution in [1.29, 1.82) is 0 Å². The number of rotatable bonds is 3. The lowest BCUT2D eigenvalue weighted by Gasteiger charge is -2.19. The summed E-state index contributed by atoms with van der Waals surface area (Å²) >= 11 is 0. The second-order valence-corrected chi connectivity index (χ2v) is 6.77. The molecular formula is C19H23N5. The Kier molecular flexibility index (Phi) is 3.71. The zero-order valence-corrected chi connectivity index (χ0v) is 14.5. The molecule has 0 aliphatic carbocycles. The summed E-state index contributed by atoms with van der Waals surface area (Å²) in [6.07, 6.45) is 2.28. The Morgan fingerprint density at radius 3 is 2.67 bits per heavy atom. The van der Waals surface area contributed by atoms with Crippen LogP contribution in [0.3, 0.4) is 0 Å². The summed E-state index contributed by atoms with van der Waals surface area (Å²) in [6, 6.07) is 10.7. The van der Waals surface area contributed by atoms with Crippen molar-refractivity contribution >= 4 is 11.5 Å². The number of para-hydroxylation sites is 1. The molecule has 0 spiro atoms. The minimum absolute atomic E-state index is 0.659. The van der Waals surface area contributed by atoms with Crippen molar-refractivity contribution in [2.45, 2.75) is 33.6 Å². The van der Waals surface area contributed by atoms with E-state index >= 15 is 0 Å². The molecule has 3 heterocycles. The van der Waals surface area contributed by atoms with Gasteiger partial charge in [-0.05, 0) is 57.2 Å². The van der Waals surface area contributed by atoms with Gasteiger partial charge in [-0.2, -0.15) is 10.1 Å². The van der Waals surface area contributed by atoms with Crippen molar-refractivity contribution in [3.05, 3.63) is 53.1 Å². The van der Waals surface area contributed by atoms with Crippen molar-refractivity contribution in [3.8, 4) is 0 Å². The van der Waals surface area contributed by atoms with Crippen molar-refractivity contribution in [2.75, 3.05) is 18.0 Å². The van der Waals surface area contributed by atoms with Gasteiger partial charge in [-0.3, -0.25) is 0 Å². The van der Waals surface area contributed by atoms with Crippen molar-refractivity contribution < 1.29 is 0 Å². The van der Waals surface area contributed by atoms with Gasteiger partial charge in [0.25, 0.3) is 5.78 Å². The van der Waals surface area contributed by atoms with E-state index in [1.807, 2.05) is 11.4 Å². The van der Waals surface area contributed by atoms with Gasteiger partial charge >= 0.3 is 0 Å². The predicted molar refractivity (Wildman–Crippen MR) is 95.5 cm³/mol. The lowest BCUT2D eigenvalue weighted by atomic mass is 9.96.